The maximum Gasteiger partial charge on any atom is 0.258 e. The summed E-state index contributed by atoms with van der Waals surface area (Å²) in [5.74, 6) is 1.39. The molecular weight excluding hydrogens is 324 g/mol. The third-order valence-corrected chi connectivity index (χ3v) is 4.75. The quantitative estimate of drug-likeness (QED) is 0.834. The Balaban J connectivity index is 1.97. The molecule has 1 aliphatic rings. The zero-order chi connectivity index (χ0) is 18.9. The van der Waals surface area contributed by atoms with E-state index >= 15 is 0 Å². The van der Waals surface area contributed by atoms with Crippen LogP contribution in [0.2, 0.25) is 0 Å². The molecule has 4 nitrogen and oxygen atoms in total. The average Bonchev–Trinajstić information content (AvgIpc) is 2.60. The maximum atomic E-state index is 13.2. The van der Waals surface area contributed by atoms with Crippen LogP contribution in [-0.2, 0) is 5.66 Å². The number of rotatable bonds is 5. The van der Waals surface area contributed by atoms with E-state index in [0.717, 1.165) is 22.6 Å². The minimum atomic E-state index is -0.615. The Morgan fingerprint density at radius 2 is 1.69 bits per heavy atom. The summed E-state index contributed by atoms with van der Waals surface area (Å²) >= 11 is 0. The van der Waals surface area contributed by atoms with Crippen molar-refractivity contribution >= 4 is 11.6 Å². The summed E-state index contributed by atoms with van der Waals surface area (Å²) in [6.45, 7) is 11.1. The molecule has 0 bridgehead atoms. The van der Waals surface area contributed by atoms with Crippen LogP contribution in [0.25, 0.3) is 0 Å². The van der Waals surface area contributed by atoms with E-state index in [-0.39, 0.29) is 11.9 Å². The molecule has 4 heteroatoms. The minimum absolute atomic E-state index is 0.0528. The lowest BCUT2D eigenvalue weighted by Gasteiger charge is -2.48. The minimum Gasteiger partial charge on any atom is -0.493 e. The highest BCUT2D eigenvalue weighted by Crippen LogP contribution is 2.39. The van der Waals surface area contributed by atoms with E-state index in [1.165, 1.54) is 0 Å². The number of carbonyl (C=O) groups excluding carboxylic acids is 1. The molecular formula is C22H28N2O2. The number of para-hydroxylation sites is 1. The number of amides is 1. The molecule has 1 N–H and O–H groups in total. The Bertz CT molecular complexity index is 783. The number of carbonyl (C=O) groups is 1. The molecule has 3 rings (SSSR count). The standard InChI is InChI=1S/C22H28N2O2/c1-15(2)14-26-18-12-10-17(11-13-18)22(5)23-20-9-7-6-8-19(20)21(25)24(22)16(3)4/h6-13,15-16,23H,14H2,1-5H3. The Kier molecular flexibility index (Phi) is 4.94. The Hall–Kier alpha value is -2.49. The third-order valence-electron chi connectivity index (χ3n) is 4.75. The third kappa shape index (κ3) is 3.28. The Morgan fingerprint density at radius 1 is 1.04 bits per heavy atom. The van der Waals surface area contributed by atoms with Crippen LogP contribution in [-0.4, -0.2) is 23.5 Å². The lowest BCUT2D eigenvalue weighted by Crippen LogP contribution is -2.58. The van der Waals surface area contributed by atoms with Crippen LogP contribution in [0, 0.1) is 5.92 Å². The Morgan fingerprint density at radius 3 is 2.31 bits per heavy atom. The van der Waals surface area contributed by atoms with Crippen LogP contribution in [0.4, 0.5) is 5.69 Å². The van der Waals surface area contributed by atoms with Gasteiger partial charge in [0.25, 0.3) is 5.91 Å². The predicted octanol–water partition coefficient (Wildman–Crippen LogP) is 4.87. The molecule has 0 aliphatic carbocycles. The second-order valence-electron chi connectivity index (χ2n) is 7.74. The first-order chi connectivity index (χ1) is 12.3. The van der Waals surface area contributed by atoms with E-state index < -0.39 is 5.66 Å². The monoisotopic (exact) mass is 352 g/mol. The number of hydrogen-bond acceptors (Lipinski definition) is 3. The van der Waals surface area contributed by atoms with Gasteiger partial charge in [-0.05, 0) is 56.5 Å². The van der Waals surface area contributed by atoms with Crippen LogP contribution >= 0.6 is 0 Å². The fourth-order valence-corrected chi connectivity index (χ4v) is 3.53. The molecule has 0 saturated heterocycles. The van der Waals surface area contributed by atoms with Crippen molar-refractivity contribution in [1.82, 2.24) is 4.90 Å². The van der Waals surface area contributed by atoms with Crippen LogP contribution in [0.3, 0.4) is 0 Å². The van der Waals surface area contributed by atoms with Gasteiger partial charge in [-0.25, -0.2) is 0 Å². The summed E-state index contributed by atoms with van der Waals surface area (Å²) in [6, 6.07) is 15.8. The van der Waals surface area contributed by atoms with Crippen LogP contribution in [0.15, 0.2) is 48.5 Å². The van der Waals surface area contributed by atoms with Gasteiger partial charge in [-0.1, -0.05) is 38.1 Å². The zero-order valence-electron chi connectivity index (χ0n) is 16.2. The molecule has 138 valence electrons. The van der Waals surface area contributed by atoms with Gasteiger partial charge in [-0.15, -0.1) is 0 Å². The largest absolute Gasteiger partial charge is 0.493 e. The molecule has 0 fully saturated rings. The van der Waals surface area contributed by atoms with E-state index in [9.17, 15) is 4.79 Å². The molecule has 0 saturated carbocycles. The van der Waals surface area contributed by atoms with Crippen molar-refractivity contribution in [2.75, 3.05) is 11.9 Å². The second kappa shape index (κ2) is 7.02. The van der Waals surface area contributed by atoms with Crippen molar-refractivity contribution in [1.29, 1.82) is 0 Å². The topological polar surface area (TPSA) is 41.6 Å². The number of fused-ring (bicyclic) bond motifs is 1. The first kappa shape index (κ1) is 18.3. The van der Waals surface area contributed by atoms with Gasteiger partial charge in [-0.2, -0.15) is 0 Å². The number of anilines is 1. The van der Waals surface area contributed by atoms with E-state index in [0.29, 0.717) is 12.5 Å². The predicted molar refractivity (Wildman–Crippen MR) is 105 cm³/mol. The van der Waals surface area contributed by atoms with Gasteiger partial charge in [0.15, 0.2) is 0 Å². The number of nitrogens with one attached hydrogen (secondary N) is 1. The van der Waals surface area contributed by atoms with Gasteiger partial charge in [0, 0.05) is 11.7 Å². The number of hydrogen-bond donors (Lipinski definition) is 1. The average molecular weight is 352 g/mol. The van der Waals surface area contributed by atoms with Gasteiger partial charge < -0.3 is 15.0 Å². The maximum absolute atomic E-state index is 13.2. The molecule has 2 aromatic carbocycles. The SMILES string of the molecule is CC(C)COc1ccc(C2(C)Nc3ccccc3C(=O)N2C(C)C)cc1. The van der Waals surface area contributed by atoms with Crippen molar-refractivity contribution in [2.24, 2.45) is 5.92 Å². The first-order valence-electron chi connectivity index (χ1n) is 9.27. The highest BCUT2D eigenvalue weighted by Gasteiger charge is 2.43. The van der Waals surface area contributed by atoms with Gasteiger partial charge in [0.05, 0.1) is 12.2 Å². The van der Waals surface area contributed by atoms with E-state index in [4.69, 9.17) is 4.74 Å². The van der Waals surface area contributed by atoms with E-state index in [1.54, 1.807) is 0 Å². The fourth-order valence-electron chi connectivity index (χ4n) is 3.53. The van der Waals surface area contributed by atoms with Gasteiger partial charge >= 0.3 is 0 Å². The lowest BCUT2D eigenvalue weighted by atomic mass is 9.92. The molecule has 26 heavy (non-hydrogen) atoms. The van der Waals surface area contributed by atoms with Crippen LogP contribution in [0.5, 0.6) is 5.75 Å². The number of benzene rings is 2. The number of nitrogens with zero attached hydrogens (tertiary/aromatic N) is 1. The van der Waals surface area contributed by atoms with Crippen LogP contribution in [0.1, 0.15) is 50.5 Å². The van der Waals surface area contributed by atoms with Crippen LogP contribution < -0.4 is 10.1 Å². The summed E-state index contributed by atoms with van der Waals surface area (Å²) in [5, 5.41) is 3.59. The van der Waals surface area contributed by atoms with Crippen molar-refractivity contribution in [2.45, 2.75) is 46.3 Å². The summed E-state index contributed by atoms with van der Waals surface area (Å²) in [6.07, 6.45) is 0. The molecule has 0 spiro atoms. The molecule has 0 radical (unpaired) electrons. The van der Waals surface area contributed by atoms with Gasteiger partial charge in [-0.3, -0.25) is 4.79 Å². The van der Waals surface area contributed by atoms with Crippen molar-refractivity contribution in [3.05, 3.63) is 59.7 Å². The molecule has 1 aliphatic heterocycles. The molecule has 1 amide bonds. The highest BCUT2D eigenvalue weighted by atomic mass is 16.5. The van der Waals surface area contributed by atoms with E-state index in [2.05, 4.69) is 26.1 Å². The molecule has 0 aromatic heterocycles. The summed E-state index contributed by atoms with van der Waals surface area (Å²) in [5.41, 5.74) is 2.01. The van der Waals surface area contributed by atoms with Crippen molar-refractivity contribution < 1.29 is 9.53 Å². The molecule has 1 unspecified atom stereocenters. The second-order valence-corrected chi connectivity index (χ2v) is 7.74. The normalized spacial score (nSPS) is 19.5. The van der Waals surface area contributed by atoms with Crippen molar-refractivity contribution in [3.63, 3.8) is 0 Å². The number of ether oxygens (including phenoxy) is 1. The first-order valence-corrected chi connectivity index (χ1v) is 9.27. The van der Waals surface area contributed by atoms with Gasteiger partial charge in [0.2, 0.25) is 0 Å². The smallest absolute Gasteiger partial charge is 0.258 e. The summed E-state index contributed by atoms with van der Waals surface area (Å²) < 4.78 is 5.79. The molecule has 1 heterocycles. The Labute approximate surface area is 156 Å². The summed E-state index contributed by atoms with van der Waals surface area (Å²) in [7, 11) is 0. The fraction of sp³-hybridized carbons (Fsp3) is 0.409. The van der Waals surface area contributed by atoms with E-state index in [1.807, 2.05) is 67.3 Å². The lowest BCUT2D eigenvalue weighted by molar-refractivity contribution is 0.0433. The highest BCUT2D eigenvalue weighted by molar-refractivity contribution is 6.02. The van der Waals surface area contributed by atoms with Crippen molar-refractivity contribution in [3.8, 4) is 5.75 Å². The summed E-state index contributed by atoms with van der Waals surface area (Å²) in [4.78, 5) is 15.1. The zero-order valence-corrected chi connectivity index (χ0v) is 16.2. The molecule has 1 atom stereocenters. The van der Waals surface area contributed by atoms with Gasteiger partial charge in [0.1, 0.15) is 11.4 Å². The molecule has 2 aromatic rings.